The Bertz CT molecular complexity index is 563. The maximum Gasteiger partial charge on any atom is 0.223 e. The fraction of sp³-hybridized carbons (Fsp3) is 0.250. The molecule has 2 rings (SSSR count). The maximum absolute atomic E-state index is 11.0. The third-order valence-corrected chi connectivity index (χ3v) is 4.07. The van der Waals surface area contributed by atoms with Crippen LogP contribution < -0.4 is 5.32 Å². The number of pyridine rings is 1. The Kier molecular flexibility index (Phi) is 3.98. The second-order valence-corrected chi connectivity index (χ2v) is 5.53. The highest BCUT2D eigenvalue weighted by atomic mass is 32.2. The van der Waals surface area contributed by atoms with Crippen LogP contribution in [0.2, 0.25) is 0 Å². The lowest BCUT2D eigenvalue weighted by molar-refractivity contribution is -0.114. The van der Waals surface area contributed by atoms with E-state index in [0.717, 1.165) is 21.2 Å². The van der Waals surface area contributed by atoms with Crippen LogP contribution in [0.1, 0.15) is 12.6 Å². The van der Waals surface area contributed by atoms with E-state index in [1.165, 1.54) is 18.3 Å². The molecule has 0 aliphatic rings. The molecular weight excluding hydrogens is 266 g/mol. The van der Waals surface area contributed by atoms with Gasteiger partial charge in [0, 0.05) is 18.7 Å². The van der Waals surface area contributed by atoms with Gasteiger partial charge in [0.15, 0.2) is 5.13 Å². The molecule has 2 aromatic heterocycles. The largest absolute Gasteiger partial charge is 0.302 e. The number of carbonyl (C=O) groups excluding carboxylic acids is 1. The first-order chi connectivity index (χ1) is 8.60. The van der Waals surface area contributed by atoms with Gasteiger partial charge < -0.3 is 5.32 Å². The summed E-state index contributed by atoms with van der Waals surface area (Å²) in [7, 11) is 0. The van der Waals surface area contributed by atoms with Crippen molar-refractivity contribution in [2.45, 2.75) is 18.9 Å². The number of aryl methyl sites for hydroxylation is 1. The third-order valence-electron chi connectivity index (χ3n) is 2.29. The number of anilines is 1. The fourth-order valence-electron chi connectivity index (χ4n) is 1.50. The Morgan fingerprint density at radius 2 is 2.22 bits per heavy atom. The summed E-state index contributed by atoms with van der Waals surface area (Å²) in [6.45, 7) is 3.41. The van der Waals surface area contributed by atoms with Crippen LogP contribution in [0.25, 0.3) is 10.4 Å². The van der Waals surface area contributed by atoms with Gasteiger partial charge in [-0.05, 0) is 25.3 Å². The van der Waals surface area contributed by atoms with E-state index in [9.17, 15) is 4.79 Å². The highest BCUT2D eigenvalue weighted by Crippen LogP contribution is 2.32. The van der Waals surface area contributed by atoms with Gasteiger partial charge >= 0.3 is 0 Å². The molecule has 0 aliphatic carbocycles. The third kappa shape index (κ3) is 2.88. The normalized spacial score (nSPS) is 10.4. The molecule has 0 aromatic carbocycles. The summed E-state index contributed by atoms with van der Waals surface area (Å²) in [5.41, 5.74) is 1.93. The van der Waals surface area contributed by atoms with Crippen molar-refractivity contribution in [2.75, 3.05) is 11.6 Å². The van der Waals surface area contributed by atoms with E-state index in [0.29, 0.717) is 5.13 Å². The molecule has 0 fully saturated rings. The summed E-state index contributed by atoms with van der Waals surface area (Å²) in [6.07, 6.45) is 3.83. The van der Waals surface area contributed by atoms with Gasteiger partial charge in [-0.25, -0.2) is 9.97 Å². The lowest BCUT2D eigenvalue weighted by atomic mass is 10.2. The van der Waals surface area contributed by atoms with Gasteiger partial charge in [0.25, 0.3) is 0 Å². The van der Waals surface area contributed by atoms with Gasteiger partial charge in [-0.2, -0.15) is 0 Å². The Balaban J connectivity index is 2.31. The molecule has 0 radical (unpaired) electrons. The molecule has 0 saturated heterocycles. The van der Waals surface area contributed by atoms with Crippen molar-refractivity contribution in [2.24, 2.45) is 0 Å². The zero-order valence-corrected chi connectivity index (χ0v) is 12.0. The van der Waals surface area contributed by atoms with E-state index in [2.05, 4.69) is 15.3 Å². The van der Waals surface area contributed by atoms with Crippen molar-refractivity contribution >= 4 is 34.1 Å². The fourth-order valence-corrected chi connectivity index (χ4v) is 2.87. The highest BCUT2D eigenvalue weighted by molar-refractivity contribution is 7.98. The predicted molar refractivity (Wildman–Crippen MR) is 76.2 cm³/mol. The number of thiazole rings is 1. The maximum atomic E-state index is 11.0. The molecule has 4 nitrogen and oxygen atoms in total. The van der Waals surface area contributed by atoms with E-state index in [4.69, 9.17) is 0 Å². The van der Waals surface area contributed by atoms with Gasteiger partial charge in [-0.15, -0.1) is 11.8 Å². The van der Waals surface area contributed by atoms with Gasteiger partial charge in [-0.3, -0.25) is 4.79 Å². The molecule has 0 aliphatic heterocycles. The van der Waals surface area contributed by atoms with Crippen LogP contribution in [-0.2, 0) is 4.79 Å². The molecule has 1 N–H and O–H groups in total. The summed E-state index contributed by atoms with van der Waals surface area (Å²) in [6, 6.07) is 4.01. The Labute approximate surface area is 114 Å². The van der Waals surface area contributed by atoms with E-state index in [-0.39, 0.29) is 5.91 Å². The van der Waals surface area contributed by atoms with Gasteiger partial charge in [-0.1, -0.05) is 11.3 Å². The lowest BCUT2D eigenvalue weighted by Crippen LogP contribution is -2.04. The van der Waals surface area contributed by atoms with Crippen LogP contribution in [0.3, 0.4) is 0 Å². The number of rotatable bonds is 3. The summed E-state index contributed by atoms with van der Waals surface area (Å²) in [4.78, 5) is 20.7. The molecule has 2 heterocycles. The molecule has 18 heavy (non-hydrogen) atoms. The first-order valence-electron chi connectivity index (χ1n) is 5.35. The number of thioether (sulfide) groups is 1. The first kappa shape index (κ1) is 13.0. The molecule has 6 heteroatoms. The van der Waals surface area contributed by atoms with Crippen LogP contribution in [0.4, 0.5) is 5.13 Å². The zero-order valence-electron chi connectivity index (χ0n) is 10.4. The number of hydrogen-bond acceptors (Lipinski definition) is 5. The first-order valence-corrected chi connectivity index (χ1v) is 7.39. The number of hydrogen-bond donors (Lipinski definition) is 1. The zero-order chi connectivity index (χ0) is 13.1. The van der Waals surface area contributed by atoms with Crippen LogP contribution >= 0.6 is 23.1 Å². The average Bonchev–Trinajstić information content (AvgIpc) is 2.69. The van der Waals surface area contributed by atoms with E-state index in [1.54, 1.807) is 11.8 Å². The summed E-state index contributed by atoms with van der Waals surface area (Å²) >= 11 is 3.07. The standard InChI is InChI=1S/C12H13N3OS2/c1-7-11(18-12(14-7)15-8(2)16)9-4-5-10(17-3)13-6-9/h4-6H,1-3H3,(H,14,15,16). The molecule has 0 unspecified atom stereocenters. The van der Waals surface area contributed by atoms with Crippen molar-refractivity contribution in [3.05, 3.63) is 24.0 Å². The number of aromatic nitrogens is 2. The monoisotopic (exact) mass is 279 g/mol. The molecule has 0 spiro atoms. The lowest BCUT2D eigenvalue weighted by Gasteiger charge is -1.99. The quantitative estimate of drug-likeness (QED) is 0.877. The summed E-state index contributed by atoms with van der Waals surface area (Å²) in [5.74, 6) is -0.105. The van der Waals surface area contributed by atoms with Crippen molar-refractivity contribution in [3.8, 4) is 10.4 Å². The van der Waals surface area contributed by atoms with Crippen LogP contribution in [0, 0.1) is 6.92 Å². The second kappa shape index (κ2) is 5.49. The average molecular weight is 279 g/mol. The molecular formula is C12H13N3OS2. The van der Waals surface area contributed by atoms with E-state index < -0.39 is 0 Å². The molecule has 2 aromatic rings. The van der Waals surface area contributed by atoms with Crippen molar-refractivity contribution in [1.29, 1.82) is 0 Å². The van der Waals surface area contributed by atoms with Gasteiger partial charge in [0.05, 0.1) is 15.6 Å². The van der Waals surface area contributed by atoms with Gasteiger partial charge in [0.2, 0.25) is 5.91 Å². The molecule has 1 amide bonds. The number of carbonyl (C=O) groups is 1. The molecule has 0 saturated carbocycles. The van der Waals surface area contributed by atoms with Crippen molar-refractivity contribution in [1.82, 2.24) is 9.97 Å². The molecule has 0 bridgehead atoms. The summed E-state index contributed by atoms with van der Waals surface area (Å²) < 4.78 is 0. The Morgan fingerprint density at radius 3 is 2.78 bits per heavy atom. The minimum atomic E-state index is -0.105. The molecule has 94 valence electrons. The number of nitrogens with one attached hydrogen (secondary N) is 1. The van der Waals surface area contributed by atoms with Gasteiger partial charge in [0.1, 0.15) is 0 Å². The number of amides is 1. The Hall–Kier alpha value is -1.40. The minimum Gasteiger partial charge on any atom is -0.302 e. The van der Waals surface area contributed by atoms with Crippen molar-refractivity contribution < 1.29 is 4.79 Å². The predicted octanol–water partition coefficient (Wildman–Crippen LogP) is 3.19. The minimum absolute atomic E-state index is 0.105. The second-order valence-electron chi connectivity index (χ2n) is 3.70. The Morgan fingerprint density at radius 1 is 1.44 bits per heavy atom. The SMILES string of the molecule is CSc1ccc(-c2sc(NC(C)=O)nc2C)cn1. The van der Waals surface area contributed by atoms with Crippen molar-refractivity contribution in [3.63, 3.8) is 0 Å². The smallest absolute Gasteiger partial charge is 0.223 e. The topological polar surface area (TPSA) is 54.9 Å². The van der Waals surface area contributed by atoms with Crippen LogP contribution in [0.5, 0.6) is 0 Å². The highest BCUT2D eigenvalue weighted by Gasteiger charge is 2.10. The van der Waals surface area contributed by atoms with Crippen LogP contribution in [-0.4, -0.2) is 22.1 Å². The molecule has 0 atom stereocenters. The summed E-state index contributed by atoms with van der Waals surface area (Å²) in [5, 5.41) is 4.32. The number of nitrogens with zero attached hydrogens (tertiary/aromatic N) is 2. The van der Waals surface area contributed by atoms with E-state index in [1.807, 2.05) is 31.5 Å². The van der Waals surface area contributed by atoms with E-state index >= 15 is 0 Å². The van der Waals surface area contributed by atoms with Crippen LogP contribution in [0.15, 0.2) is 23.4 Å².